The molecule has 0 atom stereocenters. The Kier molecular flexibility index (Phi) is 2.85. The molecule has 0 heterocycles. The van der Waals surface area contributed by atoms with Crippen LogP contribution < -0.4 is 0 Å². The zero-order valence-electron chi connectivity index (χ0n) is 10.6. The van der Waals surface area contributed by atoms with Crippen LogP contribution in [0.5, 0.6) is 0 Å². The number of benzene rings is 3. The molecule has 0 aliphatic carbocycles. The molecule has 0 aliphatic heterocycles. The van der Waals surface area contributed by atoms with Gasteiger partial charge in [-0.1, -0.05) is 54.6 Å². The Morgan fingerprint density at radius 2 is 1.44 bits per heavy atom. The predicted molar refractivity (Wildman–Crippen MR) is 80.0 cm³/mol. The Morgan fingerprint density at radius 1 is 0.778 bits per heavy atom. The van der Waals surface area contributed by atoms with E-state index in [1.165, 1.54) is 27.1 Å². The summed E-state index contributed by atoms with van der Waals surface area (Å²) < 4.78 is 0. The zero-order valence-corrected chi connectivity index (χ0v) is 10.6. The number of hydrogen-bond acceptors (Lipinski definition) is 0. The Hall–Kier alpha value is -2.08. The third kappa shape index (κ3) is 2.02. The Labute approximate surface area is 108 Å². The minimum Gasteiger partial charge on any atom is -0.0913 e. The van der Waals surface area contributed by atoms with Crippen molar-refractivity contribution in [3.05, 3.63) is 72.3 Å². The zero-order chi connectivity index (χ0) is 12.4. The first-order valence-corrected chi connectivity index (χ1v) is 6.39. The molecule has 0 radical (unpaired) electrons. The smallest absolute Gasteiger partial charge is 0.00973 e. The van der Waals surface area contributed by atoms with E-state index in [1.54, 1.807) is 0 Å². The third-order valence-electron chi connectivity index (χ3n) is 3.36. The van der Waals surface area contributed by atoms with Gasteiger partial charge in [0.25, 0.3) is 0 Å². The van der Waals surface area contributed by atoms with Crippen molar-refractivity contribution in [2.45, 2.75) is 13.3 Å². The van der Waals surface area contributed by atoms with Gasteiger partial charge in [0.15, 0.2) is 0 Å². The molecule has 3 aromatic carbocycles. The summed E-state index contributed by atoms with van der Waals surface area (Å²) >= 11 is 0. The van der Waals surface area contributed by atoms with Crippen LogP contribution in [-0.4, -0.2) is 0 Å². The van der Waals surface area contributed by atoms with Crippen molar-refractivity contribution in [2.75, 3.05) is 0 Å². The Bertz CT molecular complexity index is 720. The molecule has 3 rings (SSSR count). The fourth-order valence-corrected chi connectivity index (χ4v) is 2.37. The van der Waals surface area contributed by atoms with E-state index in [-0.39, 0.29) is 0 Å². The standard InChI is InChI=1S/C18H16/c1-2-3-6-14-9-10-17-12-15-7-4-5-8-16(15)13-18(17)11-14/h2-5,7-13H,6H2,1H3. The maximum Gasteiger partial charge on any atom is -0.00973 e. The molecule has 0 spiro atoms. The van der Waals surface area contributed by atoms with E-state index in [2.05, 4.69) is 73.7 Å². The molecule has 0 N–H and O–H groups in total. The summed E-state index contributed by atoms with van der Waals surface area (Å²) in [4.78, 5) is 0. The summed E-state index contributed by atoms with van der Waals surface area (Å²) in [6.45, 7) is 2.06. The fourth-order valence-electron chi connectivity index (χ4n) is 2.37. The minimum atomic E-state index is 1.01. The van der Waals surface area contributed by atoms with Gasteiger partial charge in [0, 0.05) is 0 Å². The lowest BCUT2D eigenvalue weighted by Gasteiger charge is -2.04. The van der Waals surface area contributed by atoms with Gasteiger partial charge >= 0.3 is 0 Å². The van der Waals surface area contributed by atoms with Gasteiger partial charge in [-0.3, -0.25) is 0 Å². The van der Waals surface area contributed by atoms with Gasteiger partial charge in [0.2, 0.25) is 0 Å². The topological polar surface area (TPSA) is 0 Å². The second-order valence-electron chi connectivity index (χ2n) is 4.65. The van der Waals surface area contributed by atoms with Crippen molar-refractivity contribution in [1.29, 1.82) is 0 Å². The van der Waals surface area contributed by atoms with Crippen LogP contribution in [0.1, 0.15) is 12.5 Å². The summed E-state index contributed by atoms with van der Waals surface area (Å²) in [7, 11) is 0. The van der Waals surface area contributed by atoms with Gasteiger partial charge in [-0.2, -0.15) is 0 Å². The molecular formula is C18H16. The maximum absolute atomic E-state index is 2.29. The molecule has 0 heteroatoms. The Balaban J connectivity index is 2.17. The molecule has 88 valence electrons. The molecule has 0 bridgehead atoms. The van der Waals surface area contributed by atoms with Crippen molar-refractivity contribution in [2.24, 2.45) is 0 Å². The first-order valence-electron chi connectivity index (χ1n) is 6.39. The highest BCUT2D eigenvalue weighted by Crippen LogP contribution is 2.23. The Morgan fingerprint density at radius 3 is 2.17 bits per heavy atom. The second kappa shape index (κ2) is 4.66. The molecule has 0 unspecified atom stereocenters. The molecule has 3 aromatic rings. The van der Waals surface area contributed by atoms with E-state index in [9.17, 15) is 0 Å². The van der Waals surface area contributed by atoms with Crippen molar-refractivity contribution >= 4 is 21.5 Å². The first-order chi connectivity index (χ1) is 8.86. The van der Waals surface area contributed by atoms with Gasteiger partial charge in [-0.05, 0) is 52.6 Å². The summed E-state index contributed by atoms with van der Waals surface area (Å²) in [6, 6.07) is 19.8. The van der Waals surface area contributed by atoms with E-state index in [0.717, 1.165) is 6.42 Å². The quantitative estimate of drug-likeness (QED) is 0.425. The van der Waals surface area contributed by atoms with E-state index in [0.29, 0.717) is 0 Å². The van der Waals surface area contributed by atoms with Crippen molar-refractivity contribution in [3.63, 3.8) is 0 Å². The van der Waals surface area contributed by atoms with Crippen LogP contribution in [0.25, 0.3) is 21.5 Å². The second-order valence-corrected chi connectivity index (χ2v) is 4.65. The van der Waals surface area contributed by atoms with E-state index < -0.39 is 0 Å². The van der Waals surface area contributed by atoms with Crippen molar-refractivity contribution < 1.29 is 0 Å². The van der Waals surface area contributed by atoms with Crippen molar-refractivity contribution in [1.82, 2.24) is 0 Å². The van der Waals surface area contributed by atoms with E-state index in [4.69, 9.17) is 0 Å². The van der Waals surface area contributed by atoms with Crippen LogP contribution in [0.15, 0.2) is 66.7 Å². The minimum absolute atomic E-state index is 1.01. The normalized spacial score (nSPS) is 11.6. The van der Waals surface area contributed by atoms with Crippen LogP contribution in [-0.2, 0) is 6.42 Å². The van der Waals surface area contributed by atoms with Gasteiger partial charge in [0.05, 0.1) is 0 Å². The molecule has 0 aromatic heterocycles. The molecular weight excluding hydrogens is 216 g/mol. The van der Waals surface area contributed by atoms with Gasteiger partial charge < -0.3 is 0 Å². The monoisotopic (exact) mass is 232 g/mol. The maximum atomic E-state index is 2.29. The largest absolute Gasteiger partial charge is 0.0913 e. The van der Waals surface area contributed by atoms with Crippen LogP contribution >= 0.6 is 0 Å². The molecule has 0 nitrogen and oxygen atoms in total. The number of fused-ring (bicyclic) bond motifs is 2. The number of rotatable bonds is 2. The van der Waals surface area contributed by atoms with E-state index >= 15 is 0 Å². The molecule has 0 aliphatic rings. The van der Waals surface area contributed by atoms with Crippen LogP contribution in [0.4, 0.5) is 0 Å². The lowest BCUT2D eigenvalue weighted by atomic mass is 10.0. The molecule has 0 saturated carbocycles. The van der Waals surface area contributed by atoms with Gasteiger partial charge in [0.1, 0.15) is 0 Å². The van der Waals surface area contributed by atoms with Crippen LogP contribution in [0.2, 0.25) is 0 Å². The van der Waals surface area contributed by atoms with Crippen LogP contribution in [0, 0.1) is 0 Å². The van der Waals surface area contributed by atoms with E-state index in [1.807, 2.05) is 0 Å². The third-order valence-corrected chi connectivity index (χ3v) is 3.36. The molecule has 0 amide bonds. The van der Waals surface area contributed by atoms with Crippen molar-refractivity contribution in [3.8, 4) is 0 Å². The molecule has 18 heavy (non-hydrogen) atoms. The number of hydrogen-bond donors (Lipinski definition) is 0. The summed E-state index contributed by atoms with van der Waals surface area (Å²) in [5.41, 5.74) is 1.37. The molecule has 0 fully saturated rings. The van der Waals surface area contributed by atoms with Gasteiger partial charge in [-0.25, -0.2) is 0 Å². The predicted octanol–water partition coefficient (Wildman–Crippen LogP) is 5.11. The summed E-state index contributed by atoms with van der Waals surface area (Å²) in [5, 5.41) is 5.27. The summed E-state index contributed by atoms with van der Waals surface area (Å²) in [5.74, 6) is 0. The molecule has 0 saturated heterocycles. The highest BCUT2D eigenvalue weighted by Gasteiger charge is 1.98. The fraction of sp³-hybridized carbons (Fsp3) is 0.111. The number of allylic oxidation sites excluding steroid dienone is 2. The van der Waals surface area contributed by atoms with Gasteiger partial charge in [-0.15, -0.1) is 0 Å². The highest BCUT2D eigenvalue weighted by molar-refractivity contribution is 5.98. The lowest BCUT2D eigenvalue weighted by Crippen LogP contribution is -1.82. The lowest BCUT2D eigenvalue weighted by molar-refractivity contribution is 1.27. The summed E-state index contributed by atoms with van der Waals surface area (Å²) in [6.07, 6.45) is 5.31. The van der Waals surface area contributed by atoms with Crippen LogP contribution in [0.3, 0.4) is 0 Å². The average molecular weight is 232 g/mol. The SMILES string of the molecule is CC=CCc1ccc2cc3ccccc3cc2c1. The average Bonchev–Trinajstić information content (AvgIpc) is 2.42. The first kappa shape index (κ1) is 11.0. The highest BCUT2D eigenvalue weighted by atomic mass is 14.0.